The smallest absolute Gasteiger partial charge is 0.450 e. The molecule has 1 amide bonds. The predicted octanol–water partition coefficient (Wildman–Crippen LogP) is 2.36. The number of rotatable bonds is 2. The normalized spacial score (nSPS) is 14.5. The number of carbonyl (C=O) groups is 2. The van der Waals surface area contributed by atoms with Crippen molar-refractivity contribution in [3.63, 3.8) is 0 Å². The topological polar surface area (TPSA) is 76.1 Å². The van der Waals surface area contributed by atoms with Gasteiger partial charge in [0.25, 0.3) is 0 Å². The van der Waals surface area contributed by atoms with Gasteiger partial charge in [0.05, 0.1) is 6.61 Å². The third-order valence-corrected chi connectivity index (χ3v) is 3.96. The van der Waals surface area contributed by atoms with E-state index in [0.29, 0.717) is 37.6 Å². The van der Waals surface area contributed by atoms with E-state index in [1.54, 1.807) is 17.9 Å². The molecule has 0 fully saturated rings. The second-order valence-corrected chi connectivity index (χ2v) is 5.17. The van der Waals surface area contributed by atoms with Crippen molar-refractivity contribution < 1.29 is 24.2 Å². The van der Waals surface area contributed by atoms with Gasteiger partial charge in [-0.05, 0) is 31.4 Å². The molecule has 0 aliphatic carbocycles. The Kier molecular flexibility index (Phi) is 4.26. The number of fused-ring (bicyclic) bond motifs is 1. The van der Waals surface area contributed by atoms with Crippen molar-refractivity contribution in [3.05, 3.63) is 16.5 Å². The maximum atomic E-state index is 11.6. The van der Waals surface area contributed by atoms with Crippen molar-refractivity contribution >= 4 is 23.6 Å². The Labute approximate surface area is 114 Å². The van der Waals surface area contributed by atoms with Crippen molar-refractivity contribution in [2.75, 3.05) is 19.7 Å². The Morgan fingerprint density at radius 3 is 2.84 bits per heavy atom. The first kappa shape index (κ1) is 13.7. The molecule has 7 heteroatoms. The van der Waals surface area contributed by atoms with E-state index >= 15 is 0 Å². The summed E-state index contributed by atoms with van der Waals surface area (Å²) >= 11 is 1.32. The quantitative estimate of drug-likeness (QED) is 0.844. The Bertz CT molecular complexity index is 459. The Morgan fingerprint density at radius 2 is 2.16 bits per heavy atom. The molecule has 2 heterocycles. The first-order chi connectivity index (χ1) is 9.10. The predicted molar refractivity (Wildman–Crippen MR) is 69.0 cm³/mol. The summed E-state index contributed by atoms with van der Waals surface area (Å²) in [6.07, 6.45) is -0.209. The van der Waals surface area contributed by atoms with Crippen LogP contribution in [0, 0.1) is 0 Å². The van der Waals surface area contributed by atoms with Crippen molar-refractivity contribution in [1.82, 2.24) is 4.90 Å². The minimum atomic E-state index is -1.30. The zero-order valence-electron chi connectivity index (χ0n) is 10.5. The van der Waals surface area contributed by atoms with Crippen LogP contribution in [0.1, 0.15) is 17.4 Å². The van der Waals surface area contributed by atoms with E-state index in [0.717, 1.165) is 10.4 Å². The fraction of sp³-hybridized carbons (Fsp3) is 0.500. The van der Waals surface area contributed by atoms with Gasteiger partial charge in [-0.15, -0.1) is 11.3 Å². The summed E-state index contributed by atoms with van der Waals surface area (Å²) in [5, 5.41) is 8.96. The Balaban J connectivity index is 2.02. The molecule has 0 saturated heterocycles. The molecule has 0 atom stereocenters. The first-order valence-electron chi connectivity index (χ1n) is 6.04. The molecule has 0 unspecified atom stereocenters. The number of carboxylic acid groups (broad SMARTS) is 1. The van der Waals surface area contributed by atoms with Crippen molar-refractivity contribution in [2.24, 2.45) is 0 Å². The molecule has 0 radical (unpaired) electrons. The van der Waals surface area contributed by atoms with Gasteiger partial charge in [0, 0.05) is 18.0 Å². The van der Waals surface area contributed by atoms with Crippen LogP contribution in [0.15, 0.2) is 6.07 Å². The minimum absolute atomic E-state index is 0.292. The van der Waals surface area contributed by atoms with Crippen LogP contribution in [-0.4, -0.2) is 42.0 Å². The summed E-state index contributed by atoms with van der Waals surface area (Å²) < 4.78 is 9.63. The van der Waals surface area contributed by atoms with Crippen LogP contribution in [0.5, 0.6) is 5.06 Å². The van der Waals surface area contributed by atoms with E-state index in [1.165, 1.54) is 11.3 Å². The molecule has 1 aliphatic rings. The second kappa shape index (κ2) is 5.92. The molecule has 1 aromatic rings. The van der Waals surface area contributed by atoms with Crippen LogP contribution < -0.4 is 4.74 Å². The lowest BCUT2D eigenvalue weighted by Gasteiger charge is -2.19. The van der Waals surface area contributed by atoms with Crippen LogP contribution in [0.2, 0.25) is 0 Å². The van der Waals surface area contributed by atoms with Gasteiger partial charge in [-0.3, -0.25) is 0 Å². The van der Waals surface area contributed by atoms with E-state index in [2.05, 4.69) is 4.74 Å². The highest BCUT2D eigenvalue weighted by molar-refractivity contribution is 7.14. The van der Waals surface area contributed by atoms with Gasteiger partial charge in [0.2, 0.25) is 0 Å². The lowest BCUT2D eigenvalue weighted by Crippen LogP contribution is -2.33. The van der Waals surface area contributed by atoms with E-state index in [-0.39, 0.29) is 6.09 Å². The van der Waals surface area contributed by atoms with Gasteiger partial charge in [-0.1, -0.05) is 0 Å². The molecule has 2 rings (SSSR count). The van der Waals surface area contributed by atoms with E-state index < -0.39 is 6.16 Å². The van der Waals surface area contributed by atoms with Crippen molar-refractivity contribution in [1.29, 1.82) is 0 Å². The molecule has 104 valence electrons. The zero-order valence-corrected chi connectivity index (χ0v) is 11.4. The SMILES string of the molecule is CCOC(=O)N1CCc2cc(OC(=O)O)sc2CC1. The van der Waals surface area contributed by atoms with Gasteiger partial charge < -0.3 is 19.5 Å². The van der Waals surface area contributed by atoms with Gasteiger partial charge in [0.15, 0.2) is 5.06 Å². The molecule has 0 aromatic carbocycles. The Morgan fingerprint density at radius 1 is 1.42 bits per heavy atom. The second-order valence-electron chi connectivity index (χ2n) is 4.07. The summed E-state index contributed by atoms with van der Waals surface area (Å²) in [7, 11) is 0. The summed E-state index contributed by atoms with van der Waals surface area (Å²) in [5.41, 5.74) is 1.05. The van der Waals surface area contributed by atoms with Crippen LogP contribution in [0.4, 0.5) is 9.59 Å². The van der Waals surface area contributed by atoms with Gasteiger partial charge in [-0.2, -0.15) is 0 Å². The van der Waals surface area contributed by atoms with E-state index in [1.807, 2.05) is 0 Å². The number of hydrogen-bond acceptors (Lipinski definition) is 5. The average Bonchev–Trinajstić information content (AvgIpc) is 2.60. The number of ether oxygens (including phenoxy) is 2. The fourth-order valence-corrected chi connectivity index (χ4v) is 3.04. The van der Waals surface area contributed by atoms with Gasteiger partial charge in [0.1, 0.15) is 0 Å². The average molecular weight is 285 g/mol. The molecule has 0 spiro atoms. The number of thiophene rings is 1. The third kappa shape index (κ3) is 3.37. The van der Waals surface area contributed by atoms with Crippen LogP contribution in [-0.2, 0) is 17.6 Å². The largest absolute Gasteiger partial charge is 0.512 e. The maximum Gasteiger partial charge on any atom is 0.512 e. The molecule has 19 heavy (non-hydrogen) atoms. The maximum absolute atomic E-state index is 11.6. The highest BCUT2D eigenvalue weighted by Crippen LogP contribution is 2.32. The molecular formula is C12H15NO5S. The third-order valence-electron chi connectivity index (χ3n) is 2.85. The van der Waals surface area contributed by atoms with Crippen LogP contribution >= 0.6 is 11.3 Å². The lowest BCUT2D eigenvalue weighted by molar-refractivity contribution is 0.109. The molecule has 0 saturated carbocycles. The molecule has 6 nitrogen and oxygen atoms in total. The summed E-state index contributed by atoms with van der Waals surface area (Å²) in [5.74, 6) is 0. The number of amides is 1. The number of hydrogen-bond donors (Lipinski definition) is 1. The summed E-state index contributed by atoms with van der Waals surface area (Å²) in [6.45, 7) is 3.31. The molecule has 1 aliphatic heterocycles. The lowest BCUT2D eigenvalue weighted by atomic mass is 10.2. The molecule has 1 aromatic heterocycles. The van der Waals surface area contributed by atoms with E-state index in [4.69, 9.17) is 9.84 Å². The monoisotopic (exact) mass is 285 g/mol. The highest BCUT2D eigenvalue weighted by Gasteiger charge is 2.21. The molecule has 0 bridgehead atoms. The molecule has 1 N–H and O–H groups in total. The summed E-state index contributed by atoms with van der Waals surface area (Å²) in [4.78, 5) is 24.9. The van der Waals surface area contributed by atoms with Crippen LogP contribution in [0.25, 0.3) is 0 Å². The fourth-order valence-electron chi connectivity index (χ4n) is 2.00. The van der Waals surface area contributed by atoms with Crippen LogP contribution in [0.3, 0.4) is 0 Å². The van der Waals surface area contributed by atoms with Crippen molar-refractivity contribution in [2.45, 2.75) is 19.8 Å². The highest BCUT2D eigenvalue weighted by atomic mass is 32.1. The Hall–Kier alpha value is -1.76. The molecular weight excluding hydrogens is 270 g/mol. The number of nitrogens with zero attached hydrogens (tertiary/aromatic N) is 1. The van der Waals surface area contributed by atoms with Crippen molar-refractivity contribution in [3.8, 4) is 5.06 Å². The zero-order chi connectivity index (χ0) is 13.8. The van der Waals surface area contributed by atoms with Gasteiger partial charge in [-0.25, -0.2) is 9.59 Å². The standard InChI is InChI=1S/C12H15NO5S/c1-2-17-11(14)13-5-3-8-7-10(18-12(15)16)19-9(8)4-6-13/h7H,2-6H2,1H3,(H,15,16). The van der Waals surface area contributed by atoms with E-state index in [9.17, 15) is 9.59 Å². The summed E-state index contributed by atoms with van der Waals surface area (Å²) in [6, 6.07) is 1.74. The number of carbonyl (C=O) groups excluding carboxylic acids is 1. The van der Waals surface area contributed by atoms with Gasteiger partial charge >= 0.3 is 12.2 Å². The minimum Gasteiger partial charge on any atom is -0.450 e. The first-order valence-corrected chi connectivity index (χ1v) is 6.86.